The predicted octanol–water partition coefficient (Wildman–Crippen LogP) is 2.91. The van der Waals surface area contributed by atoms with Gasteiger partial charge in [0.15, 0.2) is 11.5 Å². The highest BCUT2D eigenvalue weighted by Crippen LogP contribution is 2.31. The van der Waals surface area contributed by atoms with Crippen LogP contribution in [0.1, 0.15) is 28.8 Å². The Morgan fingerprint density at radius 3 is 2.71 bits per heavy atom. The standard InChI is InChI=1S/C23H23N3O5/c1-30-19-9-5-14(12-20(19)31-2)6-10-21(27)24-15-7-8-17-16(13-15)23(29)26-11-3-4-18(26)22(28)25-17/h5-10,12-13,18H,3-4,11H2,1-2H3,(H,24,27)(H,25,28). The van der Waals surface area contributed by atoms with Crippen molar-refractivity contribution < 1.29 is 23.9 Å². The van der Waals surface area contributed by atoms with Crippen LogP contribution in [0.15, 0.2) is 42.5 Å². The van der Waals surface area contributed by atoms with Gasteiger partial charge in [0.1, 0.15) is 6.04 Å². The zero-order valence-electron chi connectivity index (χ0n) is 17.3. The SMILES string of the molecule is COc1ccc(C=CC(=O)Nc2ccc3c(c2)C(=O)N2CCCC2C(=O)N3)cc1OC. The van der Waals surface area contributed by atoms with E-state index in [0.29, 0.717) is 41.4 Å². The first-order valence-electron chi connectivity index (χ1n) is 9.97. The zero-order chi connectivity index (χ0) is 22.0. The van der Waals surface area contributed by atoms with Gasteiger partial charge in [-0.2, -0.15) is 0 Å². The van der Waals surface area contributed by atoms with Crippen molar-refractivity contribution in [3.05, 3.63) is 53.6 Å². The highest BCUT2D eigenvalue weighted by molar-refractivity contribution is 6.11. The van der Waals surface area contributed by atoms with Crippen LogP contribution in [0, 0.1) is 0 Å². The Morgan fingerprint density at radius 2 is 1.94 bits per heavy atom. The smallest absolute Gasteiger partial charge is 0.256 e. The van der Waals surface area contributed by atoms with Gasteiger partial charge in [-0.3, -0.25) is 14.4 Å². The number of carbonyl (C=O) groups is 3. The molecule has 1 saturated heterocycles. The Hall–Kier alpha value is -3.81. The molecule has 2 aromatic rings. The van der Waals surface area contributed by atoms with Gasteiger partial charge in [0.2, 0.25) is 11.8 Å². The van der Waals surface area contributed by atoms with Crippen molar-refractivity contribution in [3.63, 3.8) is 0 Å². The first-order chi connectivity index (χ1) is 15.0. The zero-order valence-corrected chi connectivity index (χ0v) is 17.3. The number of rotatable bonds is 5. The predicted molar refractivity (Wildman–Crippen MR) is 116 cm³/mol. The number of amides is 3. The molecular weight excluding hydrogens is 398 g/mol. The summed E-state index contributed by atoms with van der Waals surface area (Å²) in [5.74, 6) is 0.452. The second-order valence-corrected chi connectivity index (χ2v) is 7.34. The van der Waals surface area contributed by atoms with E-state index in [1.54, 1.807) is 61.6 Å². The van der Waals surface area contributed by atoms with E-state index in [4.69, 9.17) is 9.47 Å². The van der Waals surface area contributed by atoms with E-state index in [9.17, 15) is 14.4 Å². The Kier molecular flexibility index (Phi) is 5.62. The van der Waals surface area contributed by atoms with E-state index in [1.165, 1.54) is 6.08 Å². The van der Waals surface area contributed by atoms with Crippen LogP contribution < -0.4 is 20.1 Å². The molecule has 1 atom stereocenters. The fourth-order valence-corrected chi connectivity index (χ4v) is 3.87. The fraction of sp³-hybridized carbons (Fsp3) is 0.261. The molecule has 8 nitrogen and oxygen atoms in total. The van der Waals surface area contributed by atoms with Gasteiger partial charge in [0, 0.05) is 18.3 Å². The molecule has 0 aliphatic carbocycles. The first-order valence-corrected chi connectivity index (χ1v) is 9.97. The molecule has 2 N–H and O–H groups in total. The van der Waals surface area contributed by atoms with Crippen molar-refractivity contribution in [2.75, 3.05) is 31.4 Å². The highest BCUT2D eigenvalue weighted by Gasteiger charge is 2.38. The minimum Gasteiger partial charge on any atom is -0.493 e. The van der Waals surface area contributed by atoms with E-state index >= 15 is 0 Å². The first kappa shape index (κ1) is 20.5. The van der Waals surface area contributed by atoms with Crippen LogP contribution in [-0.4, -0.2) is 49.4 Å². The van der Waals surface area contributed by atoms with E-state index in [1.807, 2.05) is 0 Å². The summed E-state index contributed by atoms with van der Waals surface area (Å²) in [5.41, 5.74) is 2.08. The number of methoxy groups -OCH3 is 2. The third-order valence-electron chi connectivity index (χ3n) is 5.43. The summed E-state index contributed by atoms with van der Waals surface area (Å²) in [7, 11) is 3.10. The van der Waals surface area contributed by atoms with Crippen molar-refractivity contribution in [2.45, 2.75) is 18.9 Å². The number of benzene rings is 2. The number of carbonyl (C=O) groups excluding carboxylic acids is 3. The molecule has 1 unspecified atom stereocenters. The van der Waals surface area contributed by atoms with E-state index in [0.717, 1.165) is 12.0 Å². The molecule has 2 aromatic carbocycles. The van der Waals surface area contributed by atoms with Crippen molar-refractivity contribution >= 4 is 35.2 Å². The Labute approximate surface area is 179 Å². The molecule has 160 valence electrons. The van der Waals surface area contributed by atoms with Crippen LogP contribution in [0.25, 0.3) is 6.08 Å². The van der Waals surface area contributed by atoms with Crippen LogP contribution in [0.2, 0.25) is 0 Å². The van der Waals surface area contributed by atoms with Crippen LogP contribution in [0.3, 0.4) is 0 Å². The van der Waals surface area contributed by atoms with Gasteiger partial charge in [0.05, 0.1) is 25.5 Å². The van der Waals surface area contributed by atoms with Gasteiger partial charge >= 0.3 is 0 Å². The topological polar surface area (TPSA) is 97.0 Å². The van der Waals surface area contributed by atoms with Gasteiger partial charge in [-0.05, 0) is 54.8 Å². The van der Waals surface area contributed by atoms with Gasteiger partial charge in [0.25, 0.3) is 5.91 Å². The van der Waals surface area contributed by atoms with Crippen molar-refractivity contribution in [2.24, 2.45) is 0 Å². The molecule has 0 aromatic heterocycles. The molecule has 0 radical (unpaired) electrons. The van der Waals surface area contributed by atoms with Crippen molar-refractivity contribution in [3.8, 4) is 11.5 Å². The quantitative estimate of drug-likeness (QED) is 0.724. The maximum atomic E-state index is 12.9. The summed E-state index contributed by atoms with van der Waals surface area (Å²) >= 11 is 0. The second-order valence-electron chi connectivity index (χ2n) is 7.34. The molecule has 2 aliphatic rings. The maximum absolute atomic E-state index is 12.9. The number of anilines is 2. The summed E-state index contributed by atoms with van der Waals surface area (Å²) in [5, 5.41) is 5.58. The molecule has 8 heteroatoms. The number of hydrogen-bond acceptors (Lipinski definition) is 5. The van der Waals surface area contributed by atoms with Gasteiger partial charge in [-0.15, -0.1) is 0 Å². The number of nitrogens with one attached hydrogen (secondary N) is 2. The summed E-state index contributed by atoms with van der Waals surface area (Å²) in [4.78, 5) is 39.3. The summed E-state index contributed by atoms with van der Waals surface area (Å²) in [6.45, 7) is 0.557. The van der Waals surface area contributed by atoms with E-state index in [2.05, 4.69) is 10.6 Å². The normalized spacial score (nSPS) is 17.6. The fourth-order valence-electron chi connectivity index (χ4n) is 3.87. The van der Waals surface area contributed by atoms with Gasteiger partial charge < -0.3 is 25.0 Å². The Morgan fingerprint density at radius 1 is 1.13 bits per heavy atom. The average Bonchev–Trinajstić information content (AvgIpc) is 3.25. The molecule has 1 fully saturated rings. The van der Waals surface area contributed by atoms with Crippen molar-refractivity contribution in [1.82, 2.24) is 4.90 Å². The largest absolute Gasteiger partial charge is 0.493 e. The molecule has 4 rings (SSSR count). The third kappa shape index (κ3) is 4.09. The lowest BCUT2D eigenvalue weighted by molar-refractivity contribution is -0.119. The summed E-state index contributed by atoms with van der Waals surface area (Å²) < 4.78 is 10.5. The number of fused-ring (bicyclic) bond motifs is 2. The molecule has 0 bridgehead atoms. The lowest BCUT2D eigenvalue weighted by Crippen LogP contribution is -2.40. The van der Waals surface area contributed by atoms with Crippen molar-refractivity contribution in [1.29, 1.82) is 0 Å². The van der Waals surface area contributed by atoms with Gasteiger partial charge in [-0.1, -0.05) is 6.07 Å². The third-order valence-corrected chi connectivity index (χ3v) is 5.43. The summed E-state index contributed by atoms with van der Waals surface area (Å²) in [6.07, 6.45) is 4.51. The molecule has 0 saturated carbocycles. The Bertz CT molecular complexity index is 1080. The molecule has 0 spiro atoms. The Balaban J connectivity index is 1.50. The molecule has 3 amide bonds. The molecule has 2 aliphatic heterocycles. The summed E-state index contributed by atoms with van der Waals surface area (Å²) in [6, 6.07) is 9.80. The van der Waals surface area contributed by atoms with E-state index < -0.39 is 6.04 Å². The molecule has 31 heavy (non-hydrogen) atoms. The number of hydrogen-bond donors (Lipinski definition) is 2. The van der Waals surface area contributed by atoms with E-state index in [-0.39, 0.29) is 17.7 Å². The van der Waals surface area contributed by atoms with Crippen LogP contribution in [-0.2, 0) is 9.59 Å². The minimum absolute atomic E-state index is 0.167. The van der Waals surface area contributed by atoms with Crippen LogP contribution >= 0.6 is 0 Å². The molecular formula is C23H23N3O5. The number of ether oxygens (including phenoxy) is 2. The molecule has 2 heterocycles. The lowest BCUT2D eigenvalue weighted by Gasteiger charge is -2.20. The van der Waals surface area contributed by atoms with Crippen LogP contribution in [0.5, 0.6) is 11.5 Å². The highest BCUT2D eigenvalue weighted by atomic mass is 16.5. The van der Waals surface area contributed by atoms with Crippen LogP contribution in [0.4, 0.5) is 11.4 Å². The average molecular weight is 421 g/mol. The maximum Gasteiger partial charge on any atom is 0.256 e. The minimum atomic E-state index is -0.428. The number of nitrogens with zero attached hydrogens (tertiary/aromatic N) is 1. The monoisotopic (exact) mass is 421 g/mol. The second kappa shape index (κ2) is 8.51. The lowest BCUT2D eigenvalue weighted by atomic mass is 10.1. The van der Waals surface area contributed by atoms with Gasteiger partial charge in [-0.25, -0.2) is 0 Å².